The predicted octanol–water partition coefficient (Wildman–Crippen LogP) is 10.5. The van der Waals surface area contributed by atoms with Gasteiger partial charge in [0.15, 0.2) is 0 Å². The third kappa shape index (κ3) is 7.38. The van der Waals surface area contributed by atoms with Crippen LogP contribution in [0.15, 0.2) is 60.2 Å². The molecule has 0 unspecified atom stereocenters. The molecule has 0 aromatic heterocycles. The molecule has 52 heavy (non-hydrogen) atoms. The number of amides is 2. The number of hydrogen-bond donors (Lipinski definition) is 0. The van der Waals surface area contributed by atoms with Crippen LogP contribution in [0.2, 0.25) is 0 Å². The lowest BCUT2D eigenvalue weighted by atomic mass is 9.72. The minimum absolute atomic E-state index is 0.0104. The maximum atomic E-state index is 15.7. The number of halogens is 9. The van der Waals surface area contributed by atoms with Gasteiger partial charge in [-0.3, -0.25) is 9.69 Å². The number of rotatable bonds is 6. The second-order valence-corrected chi connectivity index (χ2v) is 14.7. The van der Waals surface area contributed by atoms with E-state index >= 15 is 4.39 Å². The number of benzene rings is 3. The van der Waals surface area contributed by atoms with Gasteiger partial charge in [-0.2, -0.15) is 26.3 Å². The van der Waals surface area contributed by atoms with E-state index < -0.39 is 78.0 Å². The summed E-state index contributed by atoms with van der Waals surface area (Å²) in [6, 6.07) is 9.01. The second-order valence-electron chi connectivity index (χ2n) is 14.7. The summed E-state index contributed by atoms with van der Waals surface area (Å²) in [6.07, 6.45) is -10.1. The summed E-state index contributed by atoms with van der Waals surface area (Å²) in [5.41, 5.74) is -1.54. The molecule has 14 heteroatoms. The Morgan fingerprint density at radius 2 is 1.62 bits per heavy atom. The minimum Gasteiger partial charge on any atom is -0.439 e. The highest BCUT2D eigenvalue weighted by Crippen LogP contribution is 2.46. The van der Waals surface area contributed by atoms with Gasteiger partial charge in [0.05, 0.1) is 30.3 Å². The fraction of sp³-hybridized carbons (Fsp3) is 0.421. The number of carbonyl (C=O) groups excluding carboxylic acids is 2. The Hall–Kier alpha value is -4.49. The molecule has 2 amide bonds. The van der Waals surface area contributed by atoms with Crippen molar-refractivity contribution in [3.05, 3.63) is 99.4 Å². The van der Waals surface area contributed by atoms with Crippen molar-refractivity contribution in [1.29, 1.82) is 0 Å². The van der Waals surface area contributed by atoms with Crippen molar-refractivity contribution in [2.24, 2.45) is 5.41 Å². The number of alkyl halides is 8. The van der Waals surface area contributed by atoms with Crippen LogP contribution in [0.5, 0.6) is 0 Å². The summed E-state index contributed by atoms with van der Waals surface area (Å²) in [6.45, 7) is 5.25. The van der Waals surface area contributed by atoms with Gasteiger partial charge < -0.3 is 9.64 Å². The Morgan fingerprint density at radius 3 is 2.25 bits per heavy atom. The molecule has 0 spiro atoms. The van der Waals surface area contributed by atoms with Gasteiger partial charge in [0.1, 0.15) is 11.9 Å². The van der Waals surface area contributed by atoms with E-state index in [4.69, 9.17) is 4.74 Å². The molecule has 2 fully saturated rings. The molecule has 2 heterocycles. The van der Waals surface area contributed by atoms with Gasteiger partial charge in [0.2, 0.25) is 0 Å². The number of nitrogens with zero attached hydrogens (tertiary/aromatic N) is 2. The zero-order valence-corrected chi connectivity index (χ0v) is 28.6. The zero-order valence-electron chi connectivity index (χ0n) is 28.6. The molecule has 0 saturated carbocycles. The molecular weight excluding hydrogens is 703 g/mol. The minimum atomic E-state index is -4.96. The monoisotopic (exact) mass is 738 g/mol. The summed E-state index contributed by atoms with van der Waals surface area (Å²) in [7, 11) is 0. The number of carbonyl (C=O) groups is 2. The van der Waals surface area contributed by atoms with Crippen LogP contribution in [0.3, 0.4) is 0 Å². The first kappa shape index (κ1) is 37.3. The number of aryl methyl sites for hydroxylation is 1. The third-order valence-corrected chi connectivity index (χ3v) is 9.99. The molecule has 1 aliphatic carbocycles. The van der Waals surface area contributed by atoms with E-state index in [0.29, 0.717) is 42.0 Å². The Labute approximate surface area is 294 Å². The summed E-state index contributed by atoms with van der Waals surface area (Å²) in [5.74, 6) is -4.79. The van der Waals surface area contributed by atoms with Crippen LogP contribution in [0.4, 0.5) is 44.3 Å². The molecule has 2 atom stereocenters. The molecule has 2 saturated heterocycles. The zero-order chi connectivity index (χ0) is 38.1. The fourth-order valence-corrected chi connectivity index (χ4v) is 7.32. The van der Waals surface area contributed by atoms with Crippen LogP contribution in [0.1, 0.15) is 84.3 Å². The van der Waals surface area contributed by atoms with Gasteiger partial charge in [0.25, 0.3) is 11.8 Å². The quantitative estimate of drug-likeness (QED) is 0.237. The Balaban J connectivity index is 1.36. The molecule has 0 bridgehead atoms. The van der Waals surface area contributed by atoms with Gasteiger partial charge in [-0.05, 0) is 103 Å². The van der Waals surface area contributed by atoms with Crippen molar-refractivity contribution in [2.45, 2.75) is 77.4 Å². The first-order valence-corrected chi connectivity index (χ1v) is 16.6. The topological polar surface area (TPSA) is 49.9 Å². The molecule has 3 aromatic carbocycles. The molecule has 278 valence electrons. The van der Waals surface area contributed by atoms with Gasteiger partial charge in [0, 0.05) is 17.7 Å². The van der Waals surface area contributed by atoms with Crippen LogP contribution in [-0.2, 0) is 17.1 Å². The van der Waals surface area contributed by atoms with E-state index in [1.54, 1.807) is 6.92 Å². The van der Waals surface area contributed by atoms with Crippen molar-refractivity contribution < 1.29 is 53.8 Å². The number of cyclic esters (lactones) is 1. The first-order chi connectivity index (χ1) is 24.0. The summed E-state index contributed by atoms with van der Waals surface area (Å²) in [5, 5.41) is 0. The number of allylic oxidation sites excluding steroid dienone is 1. The average molecular weight is 739 g/mol. The highest BCUT2D eigenvalue weighted by atomic mass is 19.4. The largest absolute Gasteiger partial charge is 0.439 e. The lowest BCUT2D eigenvalue weighted by Gasteiger charge is -2.38. The van der Waals surface area contributed by atoms with Gasteiger partial charge in [-0.15, -0.1) is 0 Å². The van der Waals surface area contributed by atoms with E-state index in [0.717, 1.165) is 35.2 Å². The maximum Gasteiger partial charge on any atom is 0.417 e. The van der Waals surface area contributed by atoms with E-state index in [-0.39, 0.29) is 34.2 Å². The van der Waals surface area contributed by atoms with E-state index in [9.17, 15) is 44.7 Å². The summed E-state index contributed by atoms with van der Waals surface area (Å²) in [4.78, 5) is 28.0. The molecule has 5 nitrogen and oxygen atoms in total. The molecule has 3 aromatic rings. The normalized spacial score (nSPS) is 21.7. The smallest absolute Gasteiger partial charge is 0.417 e. The van der Waals surface area contributed by atoms with Crippen LogP contribution >= 0.6 is 0 Å². The SMILES string of the molecule is Cc1cc([C@H]2OC(=O)N(CC3=C(c4cc(-c5ccc(C(=O)N6CC(F)(F)C6)cc5C(F)(F)F)ccc4F)CCC(C)(C)C3)[C@H]2C)cc(C(F)(F)F)c1. The lowest BCUT2D eigenvalue weighted by Crippen LogP contribution is -2.58. The Morgan fingerprint density at radius 1 is 0.923 bits per heavy atom. The maximum absolute atomic E-state index is 15.7. The average Bonchev–Trinajstić information content (AvgIpc) is 3.30. The molecule has 3 aliphatic rings. The van der Waals surface area contributed by atoms with Crippen molar-refractivity contribution in [1.82, 2.24) is 9.80 Å². The lowest BCUT2D eigenvalue weighted by molar-refractivity contribution is -0.138. The second kappa shape index (κ2) is 12.9. The third-order valence-electron chi connectivity index (χ3n) is 9.99. The Bertz CT molecular complexity index is 1960. The fourth-order valence-electron chi connectivity index (χ4n) is 7.32. The van der Waals surface area contributed by atoms with E-state index in [2.05, 4.69) is 0 Å². The molecule has 6 rings (SSSR count). The van der Waals surface area contributed by atoms with Gasteiger partial charge >= 0.3 is 18.4 Å². The predicted molar refractivity (Wildman–Crippen MR) is 174 cm³/mol. The van der Waals surface area contributed by atoms with Gasteiger partial charge in [-0.1, -0.05) is 37.6 Å². The molecule has 0 radical (unpaired) electrons. The van der Waals surface area contributed by atoms with E-state index in [1.165, 1.54) is 30.0 Å². The van der Waals surface area contributed by atoms with Crippen molar-refractivity contribution in [2.75, 3.05) is 19.6 Å². The van der Waals surface area contributed by atoms with E-state index in [1.807, 2.05) is 13.8 Å². The van der Waals surface area contributed by atoms with Crippen molar-refractivity contribution in [3.8, 4) is 11.1 Å². The van der Waals surface area contributed by atoms with Crippen molar-refractivity contribution in [3.63, 3.8) is 0 Å². The first-order valence-electron chi connectivity index (χ1n) is 16.6. The Kier molecular flexibility index (Phi) is 9.23. The summed E-state index contributed by atoms with van der Waals surface area (Å²) < 4.78 is 132. The van der Waals surface area contributed by atoms with Gasteiger partial charge in [-0.25, -0.2) is 18.0 Å². The highest BCUT2D eigenvalue weighted by Gasteiger charge is 2.47. The van der Waals surface area contributed by atoms with Crippen LogP contribution < -0.4 is 0 Å². The number of likely N-dealkylation sites (tertiary alicyclic amines) is 1. The van der Waals surface area contributed by atoms with Crippen LogP contribution in [0, 0.1) is 18.2 Å². The van der Waals surface area contributed by atoms with Crippen LogP contribution in [0.25, 0.3) is 16.7 Å². The van der Waals surface area contributed by atoms with Crippen LogP contribution in [-0.4, -0.2) is 53.4 Å². The number of ether oxygens (including phenoxy) is 1. The number of hydrogen-bond acceptors (Lipinski definition) is 3. The standard InChI is InChI=1S/C38H35F9N2O3/c1-20-11-24(13-26(12-20)37(42,43)44)32-21(2)49(34(51)52-32)17-25-16-35(3,4)10-9-27(25)29-14-22(6-8-31(29)39)28-7-5-23(15-30(28)38(45,46)47)33(50)48-18-36(40,41)19-48/h5-8,11-15,21,32H,9-10,16-19H2,1-4H3/t21-,32-/m0/s1. The molecule has 2 aliphatic heterocycles. The summed E-state index contributed by atoms with van der Waals surface area (Å²) >= 11 is 0. The highest BCUT2D eigenvalue weighted by molar-refractivity contribution is 5.96. The molecule has 0 N–H and O–H groups in total. The van der Waals surface area contributed by atoms with Crippen molar-refractivity contribution >= 4 is 17.6 Å². The molecular formula is C38H35F9N2O3.